The molecule has 0 unspecified atom stereocenters. The Morgan fingerprint density at radius 1 is 1.29 bits per heavy atom. The average molecular weight is 336 g/mol. The van der Waals surface area contributed by atoms with Gasteiger partial charge in [-0.2, -0.15) is 0 Å². The number of hydrogen-bond acceptors (Lipinski definition) is 6. The minimum Gasteiger partial charge on any atom is -0.497 e. The number of amides is 1. The van der Waals surface area contributed by atoms with Crippen LogP contribution >= 0.6 is 0 Å². The van der Waals surface area contributed by atoms with Gasteiger partial charge in [0.2, 0.25) is 11.9 Å². The molecule has 1 amide bonds. The highest BCUT2D eigenvalue weighted by molar-refractivity contribution is 6.05. The lowest BCUT2D eigenvalue weighted by Gasteiger charge is -2.23. The third-order valence-corrected chi connectivity index (χ3v) is 4.13. The number of ether oxygens (including phenoxy) is 2. The van der Waals surface area contributed by atoms with Crippen LogP contribution in [0.2, 0.25) is 0 Å². The summed E-state index contributed by atoms with van der Waals surface area (Å²) in [6, 6.07) is 3.85. The summed E-state index contributed by atoms with van der Waals surface area (Å²) in [7, 11) is 1.51. The Morgan fingerprint density at radius 2 is 1.92 bits per heavy atom. The highest BCUT2D eigenvalue weighted by Crippen LogP contribution is 2.35. The summed E-state index contributed by atoms with van der Waals surface area (Å²) in [5.41, 5.74) is 0.404. The maximum atomic E-state index is 12.7. The van der Waals surface area contributed by atoms with Gasteiger partial charge in [0.25, 0.3) is 6.04 Å². The molecule has 1 heterocycles. The highest BCUT2D eigenvalue weighted by atomic mass is 16.6. The van der Waals surface area contributed by atoms with Crippen molar-refractivity contribution in [1.29, 1.82) is 0 Å². The molecule has 3 atom stereocenters. The van der Waals surface area contributed by atoms with Crippen molar-refractivity contribution in [2.75, 3.05) is 18.6 Å². The molecule has 0 bridgehead atoms. The molecular formula is C16H20N2O6. The fourth-order valence-electron chi connectivity index (χ4n) is 3.02. The SMILES string of the molecule is CCOC(=O)[C@@H]1[C@@H]([N+](=O)[O-])[C@H](CC)C(=O)N1c1ccc(OC)cc1. The molecule has 0 saturated carbocycles. The molecule has 130 valence electrons. The minimum atomic E-state index is -1.33. The third kappa shape index (κ3) is 3.04. The molecule has 1 saturated heterocycles. The average Bonchev–Trinajstić information content (AvgIpc) is 2.88. The Hall–Kier alpha value is -2.64. The molecule has 1 fully saturated rings. The van der Waals surface area contributed by atoms with Crippen LogP contribution in [0, 0.1) is 16.0 Å². The van der Waals surface area contributed by atoms with Gasteiger partial charge < -0.3 is 9.47 Å². The van der Waals surface area contributed by atoms with Gasteiger partial charge in [-0.15, -0.1) is 0 Å². The number of carbonyl (C=O) groups excluding carboxylic acids is 2. The molecule has 1 aliphatic heterocycles. The highest BCUT2D eigenvalue weighted by Gasteiger charge is 2.58. The van der Waals surface area contributed by atoms with Gasteiger partial charge in [-0.1, -0.05) is 6.92 Å². The van der Waals surface area contributed by atoms with E-state index in [0.717, 1.165) is 0 Å². The third-order valence-electron chi connectivity index (χ3n) is 4.13. The lowest BCUT2D eigenvalue weighted by atomic mass is 9.96. The van der Waals surface area contributed by atoms with Gasteiger partial charge in [-0.05, 0) is 37.6 Å². The van der Waals surface area contributed by atoms with Crippen LogP contribution in [0.5, 0.6) is 5.75 Å². The molecule has 2 rings (SSSR count). The molecule has 24 heavy (non-hydrogen) atoms. The molecule has 8 nitrogen and oxygen atoms in total. The van der Waals surface area contributed by atoms with E-state index in [0.29, 0.717) is 11.4 Å². The van der Waals surface area contributed by atoms with Gasteiger partial charge >= 0.3 is 5.97 Å². The largest absolute Gasteiger partial charge is 0.497 e. The molecule has 0 radical (unpaired) electrons. The Bertz CT molecular complexity index is 630. The first-order valence-electron chi connectivity index (χ1n) is 7.73. The second-order valence-electron chi connectivity index (χ2n) is 5.39. The number of esters is 1. The second-order valence-corrected chi connectivity index (χ2v) is 5.39. The van der Waals surface area contributed by atoms with E-state index in [2.05, 4.69) is 0 Å². The molecular weight excluding hydrogens is 316 g/mol. The molecule has 1 aromatic rings. The smallest absolute Gasteiger partial charge is 0.336 e. The number of anilines is 1. The predicted octanol–water partition coefficient (Wildman–Crippen LogP) is 1.65. The Balaban J connectivity index is 2.49. The summed E-state index contributed by atoms with van der Waals surface area (Å²) in [4.78, 5) is 37.2. The van der Waals surface area contributed by atoms with E-state index in [-0.39, 0.29) is 13.0 Å². The van der Waals surface area contributed by atoms with Crippen LogP contribution in [-0.4, -0.2) is 42.6 Å². The number of hydrogen-bond donors (Lipinski definition) is 0. The van der Waals surface area contributed by atoms with Crippen molar-refractivity contribution in [2.24, 2.45) is 5.92 Å². The Labute approximate surface area is 139 Å². The Morgan fingerprint density at radius 3 is 2.38 bits per heavy atom. The van der Waals surface area contributed by atoms with E-state index in [1.165, 1.54) is 12.0 Å². The normalized spacial score (nSPS) is 23.2. The van der Waals surface area contributed by atoms with E-state index in [1.54, 1.807) is 38.1 Å². The molecule has 0 aromatic heterocycles. The predicted molar refractivity (Wildman–Crippen MR) is 85.5 cm³/mol. The second kappa shape index (κ2) is 7.29. The van der Waals surface area contributed by atoms with Gasteiger partial charge in [0, 0.05) is 10.6 Å². The lowest BCUT2D eigenvalue weighted by Crippen LogP contribution is -2.47. The maximum Gasteiger partial charge on any atom is 0.336 e. The van der Waals surface area contributed by atoms with Crippen LogP contribution < -0.4 is 9.64 Å². The van der Waals surface area contributed by atoms with Crippen molar-refractivity contribution in [3.05, 3.63) is 34.4 Å². The number of rotatable bonds is 6. The van der Waals surface area contributed by atoms with Crippen molar-refractivity contribution in [3.8, 4) is 5.75 Å². The molecule has 1 aromatic carbocycles. The van der Waals surface area contributed by atoms with Gasteiger partial charge in [-0.25, -0.2) is 4.79 Å². The molecule has 0 spiro atoms. The van der Waals surface area contributed by atoms with Crippen LogP contribution in [0.1, 0.15) is 20.3 Å². The number of nitro groups is 1. The van der Waals surface area contributed by atoms with E-state index in [9.17, 15) is 19.7 Å². The van der Waals surface area contributed by atoms with E-state index < -0.39 is 34.8 Å². The molecule has 1 aliphatic rings. The molecule has 0 aliphatic carbocycles. The van der Waals surface area contributed by atoms with Gasteiger partial charge in [0.1, 0.15) is 11.7 Å². The summed E-state index contributed by atoms with van der Waals surface area (Å²) in [5, 5.41) is 11.5. The van der Waals surface area contributed by atoms with Crippen molar-refractivity contribution in [3.63, 3.8) is 0 Å². The first-order valence-corrected chi connectivity index (χ1v) is 7.73. The molecule has 8 heteroatoms. The van der Waals surface area contributed by atoms with Crippen molar-refractivity contribution in [2.45, 2.75) is 32.4 Å². The monoisotopic (exact) mass is 336 g/mol. The van der Waals surface area contributed by atoms with E-state index in [1.807, 2.05) is 0 Å². The summed E-state index contributed by atoms with van der Waals surface area (Å²) < 4.78 is 10.1. The first-order chi connectivity index (χ1) is 11.5. The van der Waals surface area contributed by atoms with Gasteiger partial charge in [0.05, 0.1) is 13.7 Å². The quantitative estimate of drug-likeness (QED) is 0.445. The van der Waals surface area contributed by atoms with Crippen LogP contribution in [0.3, 0.4) is 0 Å². The number of carbonyl (C=O) groups is 2. The number of nitrogens with zero attached hydrogens (tertiary/aromatic N) is 2. The van der Waals surface area contributed by atoms with E-state index >= 15 is 0 Å². The summed E-state index contributed by atoms with van der Waals surface area (Å²) in [5.74, 6) is -1.49. The van der Waals surface area contributed by atoms with Crippen molar-refractivity contribution >= 4 is 17.6 Å². The fraction of sp³-hybridized carbons (Fsp3) is 0.500. The first kappa shape index (κ1) is 17.7. The summed E-state index contributed by atoms with van der Waals surface area (Å²) in [6.45, 7) is 3.39. The number of benzene rings is 1. The number of methoxy groups -OCH3 is 1. The van der Waals surface area contributed by atoms with Gasteiger partial charge in [0.15, 0.2) is 0 Å². The minimum absolute atomic E-state index is 0.0845. The molecule has 0 N–H and O–H groups in total. The topological polar surface area (TPSA) is 99.0 Å². The summed E-state index contributed by atoms with van der Waals surface area (Å²) >= 11 is 0. The van der Waals surface area contributed by atoms with Gasteiger partial charge in [-0.3, -0.25) is 19.8 Å². The zero-order valence-corrected chi connectivity index (χ0v) is 13.8. The van der Waals surface area contributed by atoms with Crippen LogP contribution in [-0.2, 0) is 14.3 Å². The van der Waals surface area contributed by atoms with Crippen molar-refractivity contribution in [1.82, 2.24) is 0 Å². The van der Waals surface area contributed by atoms with E-state index in [4.69, 9.17) is 9.47 Å². The van der Waals surface area contributed by atoms with Crippen molar-refractivity contribution < 1.29 is 24.0 Å². The zero-order chi connectivity index (χ0) is 17.9. The van der Waals surface area contributed by atoms with Crippen LogP contribution in [0.15, 0.2) is 24.3 Å². The van der Waals surface area contributed by atoms with Crippen LogP contribution in [0.25, 0.3) is 0 Å². The zero-order valence-electron chi connectivity index (χ0n) is 13.8. The lowest BCUT2D eigenvalue weighted by molar-refractivity contribution is -0.527. The maximum absolute atomic E-state index is 12.7. The standard InChI is InChI=1S/C16H20N2O6/c1-4-12-13(18(21)22)14(16(20)24-5-2)17(15(12)19)10-6-8-11(23-3)9-7-10/h6-9,12-14H,4-5H2,1-3H3/t12-,13-,14-/m0/s1. The van der Waals surface area contributed by atoms with Crippen LogP contribution in [0.4, 0.5) is 5.69 Å². The Kier molecular flexibility index (Phi) is 5.38. The summed E-state index contributed by atoms with van der Waals surface area (Å²) in [6.07, 6.45) is 0.271. The fourth-order valence-corrected chi connectivity index (χ4v) is 3.02.